The Morgan fingerprint density at radius 1 is 0.456 bits per heavy atom. The van der Waals surface area contributed by atoms with Crippen LogP contribution in [0.5, 0.6) is 0 Å². The van der Waals surface area contributed by atoms with Crippen molar-refractivity contribution in [3.05, 3.63) is 90.5 Å². The number of imidazole rings is 1. The largest absolute Gasteiger partial charge is 0.244 e. The Balaban J connectivity index is 1.41. The highest BCUT2D eigenvalue weighted by atomic mass is 15.1. The molecule has 0 N–H and O–H groups in total. The molecule has 0 spiro atoms. The van der Waals surface area contributed by atoms with E-state index in [9.17, 15) is 0 Å². The number of rotatable bonds is 39. The summed E-state index contributed by atoms with van der Waals surface area (Å²) in [6.07, 6.45) is 55.0. The van der Waals surface area contributed by atoms with E-state index in [1.807, 2.05) is 0 Å². The molecule has 2 aromatic carbocycles. The lowest BCUT2D eigenvalue weighted by atomic mass is 9.70. The fourth-order valence-electron chi connectivity index (χ4n) is 9.50. The van der Waals surface area contributed by atoms with Crippen LogP contribution in [-0.4, -0.2) is 4.57 Å². The van der Waals surface area contributed by atoms with E-state index in [1.165, 1.54) is 223 Å². The van der Waals surface area contributed by atoms with Crippen LogP contribution in [-0.2, 0) is 18.4 Å². The van der Waals surface area contributed by atoms with E-state index in [4.69, 9.17) is 0 Å². The van der Waals surface area contributed by atoms with Crippen LogP contribution < -0.4 is 4.57 Å². The zero-order valence-electron chi connectivity index (χ0n) is 38.2. The van der Waals surface area contributed by atoms with Crippen LogP contribution in [0, 0.1) is 0 Å². The van der Waals surface area contributed by atoms with Gasteiger partial charge < -0.3 is 0 Å². The summed E-state index contributed by atoms with van der Waals surface area (Å²) in [6, 6.07) is 23.1. The lowest BCUT2D eigenvalue weighted by Crippen LogP contribution is -2.38. The van der Waals surface area contributed by atoms with Crippen molar-refractivity contribution in [1.82, 2.24) is 4.57 Å². The minimum atomic E-state index is 0.00312. The molecule has 2 unspecified atom stereocenters. The summed E-state index contributed by atoms with van der Waals surface area (Å²) in [5.41, 5.74) is 2.91. The van der Waals surface area contributed by atoms with E-state index in [1.54, 1.807) is 0 Å². The third kappa shape index (κ3) is 22.6. The number of benzene rings is 2. The zero-order chi connectivity index (χ0) is 40.3. The third-order valence-corrected chi connectivity index (χ3v) is 13.3. The molecule has 3 rings (SSSR count). The van der Waals surface area contributed by atoms with E-state index < -0.39 is 0 Å². The van der Waals surface area contributed by atoms with Crippen molar-refractivity contribution < 1.29 is 4.57 Å². The van der Waals surface area contributed by atoms with Crippen LogP contribution in [0.1, 0.15) is 250 Å². The van der Waals surface area contributed by atoms with Gasteiger partial charge in [0.25, 0.3) is 0 Å². The first-order valence-corrected chi connectivity index (χ1v) is 25.3. The quantitative estimate of drug-likeness (QED) is 0.0403. The molecule has 2 atom stereocenters. The smallest absolute Gasteiger partial charge is 0.237 e. The molecule has 0 aliphatic heterocycles. The summed E-state index contributed by atoms with van der Waals surface area (Å²) in [5, 5.41) is 0. The maximum atomic E-state index is 2.60. The van der Waals surface area contributed by atoms with Crippen LogP contribution in [0.2, 0.25) is 0 Å². The average Bonchev–Trinajstić information content (AvgIpc) is 3.70. The van der Waals surface area contributed by atoms with Gasteiger partial charge in [0.15, 0.2) is 0 Å². The first kappa shape index (κ1) is 49.0. The number of hydrogen-bond acceptors (Lipinski definition) is 0. The first-order chi connectivity index (χ1) is 28.2. The van der Waals surface area contributed by atoms with E-state index in [0.29, 0.717) is 6.04 Å². The van der Waals surface area contributed by atoms with E-state index in [0.717, 1.165) is 13.0 Å². The summed E-state index contributed by atoms with van der Waals surface area (Å²) in [4.78, 5) is 0. The van der Waals surface area contributed by atoms with Crippen LogP contribution >= 0.6 is 0 Å². The average molecular weight is 782 g/mol. The molecule has 322 valence electrons. The SMILES string of the molecule is CCCCCCCCCCCCCCCCCCCC(n1cc[n+](CCCCCCCCCCCCCCCCC)c1)C(C)(Cc1ccccc1)c1ccccc1. The minimum absolute atomic E-state index is 0.00312. The molecule has 0 saturated carbocycles. The molecule has 0 aliphatic rings. The Kier molecular flexibility index (Phi) is 28.8. The van der Waals surface area contributed by atoms with Crippen LogP contribution in [0.4, 0.5) is 0 Å². The molecule has 0 saturated heterocycles. The molecule has 1 heterocycles. The van der Waals surface area contributed by atoms with Crippen LogP contribution in [0.25, 0.3) is 0 Å². The molecule has 2 heteroatoms. The van der Waals surface area contributed by atoms with Crippen molar-refractivity contribution in [1.29, 1.82) is 0 Å². The predicted octanol–water partition coefficient (Wildman–Crippen LogP) is 17.4. The van der Waals surface area contributed by atoms with Crippen LogP contribution in [0.15, 0.2) is 79.4 Å². The standard InChI is InChI=1S/C55H93N2/c1-4-6-8-10-12-14-16-18-20-21-22-24-26-28-30-32-40-46-54(55(3,53-44-38-35-39-45-53)50-52-42-36-34-37-43-52)57-49-48-56(51-57)47-41-33-31-29-27-25-23-19-17-15-13-11-9-7-5-2/h34-39,42-45,48-49,51,54H,4-33,40-41,46-47,50H2,1-3H3/q+1. The zero-order valence-corrected chi connectivity index (χ0v) is 38.2. The van der Waals surface area contributed by atoms with Crippen molar-refractivity contribution in [2.24, 2.45) is 0 Å². The molecule has 3 aromatic rings. The Morgan fingerprint density at radius 3 is 1.25 bits per heavy atom. The second kappa shape index (κ2) is 33.5. The Morgan fingerprint density at radius 2 is 0.825 bits per heavy atom. The first-order valence-electron chi connectivity index (χ1n) is 25.3. The fraction of sp³-hybridized carbons (Fsp3) is 0.727. The highest BCUT2D eigenvalue weighted by Crippen LogP contribution is 2.42. The fourth-order valence-corrected chi connectivity index (χ4v) is 9.50. The summed E-state index contributed by atoms with van der Waals surface area (Å²) in [5.74, 6) is 0. The van der Waals surface area contributed by atoms with Gasteiger partial charge in [0.1, 0.15) is 18.4 Å². The highest BCUT2D eigenvalue weighted by molar-refractivity contribution is 5.31. The number of nitrogens with zero attached hydrogens (tertiary/aromatic N) is 2. The van der Waals surface area contributed by atoms with Gasteiger partial charge >= 0.3 is 0 Å². The minimum Gasteiger partial charge on any atom is -0.237 e. The van der Waals surface area contributed by atoms with Gasteiger partial charge in [-0.3, -0.25) is 0 Å². The van der Waals surface area contributed by atoms with Crippen molar-refractivity contribution >= 4 is 0 Å². The Bertz CT molecular complexity index is 1280. The molecule has 2 nitrogen and oxygen atoms in total. The van der Waals surface area contributed by atoms with Gasteiger partial charge in [0, 0.05) is 5.41 Å². The molecule has 57 heavy (non-hydrogen) atoms. The van der Waals surface area contributed by atoms with E-state index in [2.05, 4.69) is 109 Å². The lowest BCUT2D eigenvalue weighted by molar-refractivity contribution is -0.697. The second-order valence-corrected chi connectivity index (χ2v) is 18.5. The Labute approximate surface area is 355 Å². The van der Waals surface area contributed by atoms with Gasteiger partial charge in [0.05, 0.1) is 6.54 Å². The monoisotopic (exact) mass is 782 g/mol. The van der Waals surface area contributed by atoms with Crippen molar-refractivity contribution in [2.45, 2.75) is 257 Å². The van der Waals surface area contributed by atoms with Gasteiger partial charge in [-0.15, -0.1) is 0 Å². The summed E-state index contributed by atoms with van der Waals surface area (Å²) in [7, 11) is 0. The van der Waals surface area contributed by atoms with Gasteiger partial charge in [-0.05, 0) is 43.2 Å². The van der Waals surface area contributed by atoms with E-state index >= 15 is 0 Å². The topological polar surface area (TPSA) is 8.81 Å². The summed E-state index contributed by atoms with van der Waals surface area (Å²) < 4.78 is 5.09. The highest BCUT2D eigenvalue weighted by Gasteiger charge is 2.40. The van der Waals surface area contributed by atoms with Crippen molar-refractivity contribution in [3.63, 3.8) is 0 Å². The molecular formula is C55H93N2+. The van der Waals surface area contributed by atoms with E-state index in [-0.39, 0.29) is 5.41 Å². The molecule has 0 aliphatic carbocycles. The normalized spacial score (nSPS) is 13.2. The summed E-state index contributed by atoms with van der Waals surface area (Å²) >= 11 is 0. The van der Waals surface area contributed by atoms with Crippen LogP contribution in [0.3, 0.4) is 0 Å². The molecule has 0 radical (unpaired) electrons. The van der Waals surface area contributed by atoms with Gasteiger partial charge in [-0.1, -0.05) is 268 Å². The lowest BCUT2D eigenvalue weighted by Gasteiger charge is -2.37. The predicted molar refractivity (Wildman–Crippen MR) is 251 cm³/mol. The second-order valence-electron chi connectivity index (χ2n) is 18.5. The molecular weight excluding hydrogens is 689 g/mol. The number of aryl methyl sites for hydroxylation is 1. The maximum absolute atomic E-state index is 2.60. The van der Waals surface area contributed by atoms with Gasteiger partial charge in [-0.25, -0.2) is 9.13 Å². The third-order valence-electron chi connectivity index (χ3n) is 13.3. The molecule has 1 aromatic heterocycles. The molecule has 0 fully saturated rings. The number of hydrogen-bond donors (Lipinski definition) is 0. The summed E-state index contributed by atoms with van der Waals surface area (Å²) in [6.45, 7) is 8.31. The maximum Gasteiger partial charge on any atom is 0.244 e. The number of aromatic nitrogens is 2. The number of unbranched alkanes of at least 4 members (excludes halogenated alkanes) is 30. The Hall–Kier alpha value is -2.35. The van der Waals surface area contributed by atoms with Crippen molar-refractivity contribution in [2.75, 3.05) is 0 Å². The van der Waals surface area contributed by atoms with Crippen molar-refractivity contribution in [3.8, 4) is 0 Å². The van der Waals surface area contributed by atoms with Gasteiger partial charge in [-0.2, -0.15) is 0 Å². The molecule has 0 amide bonds. The van der Waals surface area contributed by atoms with Gasteiger partial charge in [0.2, 0.25) is 6.33 Å². The molecule has 0 bridgehead atoms.